The number of ether oxygens (including phenoxy) is 1. The summed E-state index contributed by atoms with van der Waals surface area (Å²) in [6, 6.07) is 0. The van der Waals surface area contributed by atoms with E-state index in [1.807, 2.05) is 0 Å². The van der Waals surface area contributed by atoms with Crippen LogP contribution in [0.5, 0.6) is 0 Å². The summed E-state index contributed by atoms with van der Waals surface area (Å²) >= 11 is 0. The van der Waals surface area contributed by atoms with Crippen molar-refractivity contribution in [3.63, 3.8) is 0 Å². The number of nitrogens with one attached hydrogen (secondary N) is 1. The highest BCUT2D eigenvalue weighted by molar-refractivity contribution is 5.86. The van der Waals surface area contributed by atoms with Crippen LogP contribution in [0.4, 0.5) is 0 Å². The molecule has 15 heavy (non-hydrogen) atoms. The summed E-state index contributed by atoms with van der Waals surface area (Å²) in [4.78, 5) is 24.6. The highest BCUT2D eigenvalue weighted by Gasteiger charge is 2.19. The van der Waals surface area contributed by atoms with Crippen LogP contribution in [0.25, 0.3) is 0 Å². The van der Waals surface area contributed by atoms with Crippen LogP contribution in [-0.2, 0) is 14.3 Å². The standard InChI is InChI=1S/C10H18N2O3/c1-8(15-2)10(14)11-7-9(13)12-5-3-4-6-12/h8H,3-7H2,1-2H3,(H,11,14). The van der Waals surface area contributed by atoms with E-state index in [0.717, 1.165) is 25.9 Å². The van der Waals surface area contributed by atoms with Gasteiger partial charge in [-0.05, 0) is 19.8 Å². The van der Waals surface area contributed by atoms with Gasteiger partial charge in [-0.15, -0.1) is 0 Å². The lowest BCUT2D eigenvalue weighted by Gasteiger charge is -2.16. The summed E-state index contributed by atoms with van der Waals surface area (Å²) in [5.41, 5.74) is 0. The molecular formula is C10H18N2O3. The predicted molar refractivity (Wildman–Crippen MR) is 55.3 cm³/mol. The second-order valence-corrected chi connectivity index (χ2v) is 3.68. The normalized spacial score (nSPS) is 17.6. The Bertz CT molecular complexity index is 237. The summed E-state index contributed by atoms with van der Waals surface area (Å²) in [5.74, 6) is -0.255. The quantitative estimate of drug-likeness (QED) is 0.702. The van der Waals surface area contributed by atoms with E-state index in [2.05, 4.69) is 5.32 Å². The molecule has 0 aromatic carbocycles. The summed E-state index contributed by atoms with van der Waals surface area (Å²) in [6.45, 7) is 3.35. The molecule has 0 aliphatic carbocycles. The van der Waals surface area contributed by atoms with Gasteiger partial charge in [0.15, 0.2) is 0 Å². The summed E-state index contributed by atoms with van der Waals surface area (Å²) < 4.78 is 4.83. The topological polar surface area (TPSA) is 58.6 Å². The number of amides is 2. The fourth-order valence-corrected chi connectivity index (χ4v) is 1.49. The van der Waals surface area contributed by atoms with Crippen LogP contribution in [0.2, 0.25) is 0 Å². The minimum Gasteiger partial charge on any atom is -0.372 e. The van der Waals surface area contributed by atoms with Crippen LogP contribution in [0.15, 0.2) is 0 Å². The second kappa shape index (κ2) is 5.70. The number of carbonyl (C=O) groups excluding carboxylic acids is 2. The van der Waals surface area contributed by atoms with Crippen molar-refractivity contribution in [2.45, 2.75) is 25.9 Å². The Morgan fingerprint density at radius 1 is 1.40 bits per heavy atom. The zero-order valence-corrected chi connectivity index (χ0v) is 9.28. The minimum atomic E-state index is -0.503. The van der Waals surface area contributed by atoms with E-state index in [9.17, 15) is 9.59 Å². The molecule has 0 spiro atoms. The maximum Gasteiger partial charge on any atom is 0.249 e. The van der Waals surface area contributed by atoms with E-state index in [4.69, 9.17) is 4.74 Å². The fourth-order valence-electron chi connectivity index (χ4n) is 1.49. The Morgan fingerprint density at radius 3 is 2.53 bits per heavy atom. The van der Waals surface area contributed by atoms with Gasteiger partial charge >= 0.3 is 0 Å². The van der Waals surface area contributed by atoms with Gasteiger partial charge in [0.1, 0.15) is 6.10 Å². The number of nitrogens with zero attached hydrogens (tertiary/aromatic N) is 1. The smallest absolute Gasteiger partial charge is 0.249 e. The lowest BCUT2D eigenvalue weighted by atomic mass is 10.3. The molecule has 1 saturated heterocycles. The molecule has 86 valence electrons. The van der Waals surface area contributed by atoms with Crippen molar-refractivity contribution in [2.75, 3.05) is 26.7 Å². The molecule has 0 bridgehead atoms. The molecule has 0 aromatic rings. The van der Waals surface area contributed by atoms with Crippen LogP contribution < -0.4 is 5.32 Å². The minimum absolute atomic E-state index is 0.0100. The van der Waals surface area contributed by atoms with E-state index in [-0.39, 0.29) is 18.4 Å². The molecule has 1 aliphatic heterocycles. The third-order valence-electron chi connectivity index (χ3n) is 2.60. The van der Waals surface area contributed by atoms with Crippen molar-refractivity contribution >= 4 is 11.8 Å². The van der Waals surface area contributed by atoms with Gasteiger partial charge in [-0.3, -0.25) is 9.59 Å². The number of methoxy groups -OCH3 is 1. The van der Waals surface area contributed by atoms with Crippen molar-refractivity contribution in [1.82, 2.24) is 10.2 Å². The van der Waals surface area contributed by atoms with Crippen LogP contribution in [-0.4, -0.2) is 49.6 Å². The first-order chi connectivity index (χ1) is 7.15. The zero-order chi connectivity index (χ0) is 11.3. The lowest BCUT2D eigenvalue weighted by molar-refractivity contribution is -0.135. The van der Waals surface area contributed by atoms with Crippen molar-refractivity contribution < 1.29 is 14.3 Å². The van der Waals surface area contributed by atoms with Crippen molar-refractivity contribution in [2.24, 2.45) is 0 Å². The lowest BCUT2D eigenvalue weighted by Crippen LogP contribution is -2.42. The number of hydrogen-bond donors (Lipinski definition) is 1. The molecule has 2 amide bonds. The Morgan fingerprint density at radius 2 is 2.00 bits per heavy atom. The summed E-state index contributed by atoms with van der Waals surface area (Å²) in [7, 11) is 1.46. The molecular weight excluding hydrogens is 196 g/mol. The van der Waals surface area contributed by atoms with Crippen LogP contribution in [0.3, 0.4) is 0 Å². The maximum atomic E-state index is 11.5. The average Bonchev–Trinajstić information content (AvgIpc) is 2.77. The third-order valence-corrected chi connectivity index (χ3v) is 2.60. The van der Waals surface area contributed by atoms with Gasteiger partial charge in [0.25, 0.3) is 0 Å². The monoisotopic (exact) mass is 214 g/mol. The average molecular weight is 214 g/mol. The van der Waals surface area contributed by atoms with Crippen molar-refractivity contribution in [3.05, 3.63) is 0 Å². The Balaban J connectivity index is 2.24. The van der Waals surface area contributed by atoms with Gasteiger partial charge in [-0.25, -0.2) is 0 Å². The van der Waals surface area contributed by atoms with Gasteiger partial charge in [0, 0.05) is 20.2 Å². The number of carbonyl (C=O) groups is 2. The van der Waals surface area contributed by atoms with Gasteiger partial charge in [-0.1, -0.05) is 0 Å². The Hall–Kier alpha value is -1.10. The number of likely N-dealkylation sites (tertiary alicyclic amines) is 1. The second-order valence-electron chi connectivity index (χ2n) is 3.68. The van der Waals surface area contributed by atoms with Crippen LogP contribution in [0, 0.1) is 0 Å². The van der Waals surface area contributed by atoms with Crippen LogP contribution >= 0.6 is 0 Å². The SMILES string of the molecule is COC(C)C(=O)NCC(=O)N1CCCC1. The zero-order valence-electron chi connectivity index (χ0n) is 9.28. The molecule has 1 atom stereocenters. The molecule has 0 radical (unpaired) electrons. The number of rotatable bonds is 4. The van der Waals surface area contributed by atoms with E-state index in [1.54, 1.807) is 11.8 Å². The van der Waals surface area contributed by atoms with Gasteiger partial charge in [0.2, 0.25) is 11.8 Å². The highest BCUT2D eigenvalue weighted by atomic mass is 16.5. The Labute approximate surface area is 89.8 Å². The molecule has 0 aromatic heterocycles. The van der Waals surface area contributed by atoms with E-state index in [0.29, 0.717) is 0 Å². The Kier molecular flexibility index (Phi) is 4.55. The summed E-state index contributed by atoms with van der Waals surface area (Å²) in [5, 5.41) is 2.55. The van der Waals surface area contributed by atoms with Gasteiger partial charge < -0.3 is 15.0 Å². The summed E-state index contributed by atoms with van der Waals surface area (Å²) in [6.07, 6.45) is 1.62. The largest absolute Gasteiger partial charge is 0.372 e. The molecule has 1 heterocycles. The molecule has 5 heteroatoms. The van der Waals surface area contributed by atoms with Gasteiger partial charge in [0.05, 0.1) is 6.54 Å². The van der Waals surface area contributed by atoms with E-state index < -0.39 is 6.10 Å². The molecule has 1 N–H and O–H groups in total. The fraction of sp³-hybridized carbons (Fsp3) is 0.800. The molecule has 1 unspecified atom stereocenters. The van der Waals surface area contributed by atoms with Crippen molar-refractivity contribution in [3.8, 4) is 0 Å². The molecule has 1 rings (SSSR count). The maximum absolute atomic E-state index is 11.5. The predicted octanol–water partition coefficient (Wildman–Crippen LogP) is -0.240. The van der Waals surface area contributed by atoms with Gasteiger partial charge in [-0.2, -0.15) is 0 Å². The first-order valence-corrected chi connectivity index (χ1v) is 5.23. The van der Waals surface area contributed by atoms with E-state index in [1.165, 1.54) is 7.11 Å². The third kappa shape index (κ3) is 3.51. The molecule has 1 fully saturated rings. The molecule has 5 nitrogen and oxygen atoms in total. The van der Waals surface area contributed by atoms with E-state index >= 15 is 0 Å². The first kappa shape index (κ1) is 12.0. The molecule has 1 aliphatic rings. The number of hydrogen-bond acceptors (Lipinski definition) is 3. The van der Waals surface area contributed by atoms with Crippen LogP contribution in [0.1, 0.15) is 19.8 Å². The highest BCUT2D eigenvalue weighted by Crippen LogP contribution is 2.06. The molecule has 0 saturated carbocycles. The first-order valence-electron chi connectivity index (χ1n) is 5.23. The van der Waals surface area contributed by atoms with Crippen molar-refractivity contribution in [1.29, 1.82) is 0 Å².